The number of carboxylic acid groups (broad SMARTS) is 1. The van der Waals surface area contributed by atoms with E-state index in [1.54, 1.807) is 20.8 Å². The second-order valence-electron chi connectivity index (χ2n) is 5.09. The highest BCUT2D eigenvalue weighted by Crippen LogP contribution is 2.19. The third-order valence-electron chi connectivity index (χ3n) is 2.34. The summed E-state index contributed by atoms with van der Waals surface area (Å²) in [6.45, 7) is 8.00. The van der Waals surface area contributed by atoms with Gasteiger partial charge in [-0.05, 0) is 23.3 Å². The van der Waals surface area contributed by atoms with Crippen LogP contribution in [0.5, 0.6) is 0 Å². The van der Waals surface area contributed by atoms with Crippen LogP contribution >= 0.6 is 11.8 Å². The fourth-order valence-electron chi connectivity index (χ4n) is 1.35. The van der Waals surface area contributed by atoms with Gasteiger partial charge >= 0.3 is 12.0 Å². The van der Waals surface area contributed by atoms with E-state index in [0.717, 1.165) is 17.9 Å². The quantitative estimate of drug-likeness (QED) is 0.621. The molecule has 0 aliphatic carbocycles. The van der Waals surface area contributed by atoms with Crippen molar-refractivity contribution in [3.8, 4) is 0 Å². The van der Waals surface area contributed by atoms with Gasteiger partial charge in [-0.2, -0.15) is 11.8 Å². The third kappa shape index (κ3) is 7.42. The maximum atomic E-state index is 11.5. The van der Waals surface area contributed by atoms with Crippen LogP contribution in [-0.4, -0.2) is 41.2 Å². The highest BCUT2D eigenvalue weighted by atomic mass is 32.2. The molecule has 106 valence electrons. The Morgan fingerprint density at radius 1 is 1.33 bits per heavy atom. The number of nitrogens with one attached hydrogen (secondary N) is 2. The maximum absolute atomic E-state index is 11.5. The van der Waals surface area contributed by atoms with E-state index in [0.29, 0.717) is 6.54 Å². The normalized spacial score (nSPS) is 12.9. The van der Waals surface area contributed by atoms with Crippen LogP contribution in [0.25, 0.3) is 0 Å². The molecule has 18 heavy (non-hydrogen) atoms. The average molecular weight is 276 g/mol. The van der Waals surface area contributed by atoms with E-state index in [9.17, 15) is 9.59 Å². The predicted molar refractivity (Wildman–Crippen MR) is 75.0 cm³/mol. The Hall–Kier alpha value is -0.910. The monoisotopic (exact) mass is 276 g/mol. The van der Waals surface area contributed by atoms with E-state index in [1.807, 2.05) is 11.8 Å². The summed E-state index contributed by atoms with van der Waals surface area (Å²) in [4.78, 5) is 22.6. The molecule has 0 aliphatic heterocycles. The van der Waals surface area contributed by atoms with Crippen molar-refractivity contribution in [2.75, 3.05) is 18.1 Å². The zero-order valence-corrected chi connectivity index (χ0v) is 12.4. The lowest BCUT2D eigenvalue weighted by Gasteiger charge is -2.27. The number of urea groups is 1. The number of rotatable bonds is 7. The van der Waals surface area contributed by atoms with E-state index in [4.69, 9.17) is 5.11 Å². The van der Waals surface area contributed by atoms with Crippen molar-refractivity contribution >= 4 is 23.8 Å². The number of hydrogen-bond acceptors (Lipinski definition) is 3. The molecule has 0 bridgehead atoms. The molecular formula is C12H24N2O3S. The first-order valence-corrected chi connectivity index (χ1v) is 7.29. The molecule has 1 atom stereocenters. The summed E-state index contributed by atoms with van der Waals surface area (Å²) in [6, 6.07) is -1.30. The zero-order chi connectivity index (χ0) is 14.2. The van der Waals surface area contributed by atoms with Crippen LogP contribution in [0.1, 0.15) is 34.1 Å². The minimum absolute atomic E-state index is 0.418. The van der Waals surface area contributed by atoms with Crippen LogP contribution in [0, 0.1) is 5.41 Å². The van der Waals surface area contributed by atoms with Gasteiger partial charge in [0.15, 0.2) is 0 Å². The summed E-state index contributed by atoms with van der Waals surface area (Å²) in [5.41, 5.74) is -0.513. The smallest absolute Gasteiger partial charge is 0.326 e. The van der Waals surface area contributed by atoms with Crippen LogP contribution in [0.15, 0.2) is 0 Å². The van der Waals surface area contributed by atoms with Crippen LogP contribution in [0.4, 0.5) is 4.79 Å². The Labute approximate surface area is 113 Å². The van der Waals surface area contributed by atoms with Gasteiger partial charge in [0.05, 0.1) is 0 Å². The van der Waals surface area contributed by atoms with Gasteiger partial charge in [0.1, 0.15) is 6.04 Å². The summed E-state index contributed by atoms with van der Waals surface area (Å²) in [5, 5.41) is 14.2. The lowest BCUT2D eigenvalue weighted by molar-refractivity contribution is -0.141. The van der Waals surface area contributed by atoms with Crippen LogP contribution in [0.2, 0.25) is 0 Å². The van der Waals surface area contributed by atoms with Gasteiger partial charge in [-0.3, -0.25) is 0 Å². The molecule has 0 saturated heterocycles. The molecular weight excluding hydrogens is 252 g/mol. The van der Waals surface area contributed by atoms with Crippen molar-refractivity contribution in [1.29, 1.82) is 0 Å². The summed E-state index contributed by atoms with van der Waals surface area (Å²) in [6.07, 6.45) is 0.888. The van der Waals surface area contributed by atoms with Gasteiger partial charge in [0.2, 0.25) is 0 Å². The SMILES string of the molecule is CCSCCCNC(=O)N[C@H](C(=O)O)C(C)(C)C. The third-order valence-corrected chi connectivity index (χ3v) is 3.33. The van der Waals surface area contributed by atoms with Crippen LogP contribution in [-0.2, 0) is 4.79 Å². The van der Waals surface area contributed by atoms with Crippen LogP contribution < -0.4 is 10.6 Å². The largest absolute Gasteiger partial charge is 0.480 e. The molecule has 3 N–H and O–H groups in total. The minimum Gasteiger partial charge on any atom is -0.480 e. The first kappa shape index (κ1) is 17.1. The van der Waals surface area contributed by atoms with Crippen molar-refractivity contribution < 1.29 is 14.7 Å². The lowest BCUT2D eigenvalue weighted by Crippen LogP contribution is -2.52. The van der Waals surface area contributed by atoms with Gasteiger partial charge in [-0.15, -0.1) is 0 Å². The highest BCUT2D eigenvalue weighted by Gasteiger charge is 2.32. The first-order valence-electron chi connectivity index (χ1n) is 6.14. The zero-order valence-electron chi connectivity index (χ0n) is 11.6. The van der Waals surface area contributed by atoms with E-state index in [2.05, 4.69) is 17.6 Å². The van der Waals surface area contributed by atoms with Crippen molar-refractivity contribution in [2.45, 2.75) is 40.2 Å². The number of amides is 2. The number of aliphatic carboxylic acids is 1. The molecule has 6 heteroatoms. The van der Waals surface area contributed by atoms with Gasteiger partial charge in [-0.1, -0.05) is 27.7 Å². The Bertz CT molecular complexity index is 277. The number of carbonyl (C=O) groups is 2. The Morgan fingerprint density at radius 2 is 1.94 bits per heavy atom. The molecule has 0 fully saturated rings. The number of carbonyl (C=O) groups excluding carboxylic acids is 1. The number of carboxylic acids is 1. The van der Waals surface area contributed by atoms with Crippen molar-refractivity contribution in [3.05, 3.63) is 0 Å². The molecule has 0 saturated carbocycles. The summed E-state index contributed by atoms with van der Waals surface area (Å²) < 4.78 is 0. The standard InChI is InChI=1S/C12H24N2O3S/c1-5-18-8-6-7-13-11(17)14-9(10(15)16)12(2,3)4/h9H,5-8H2,1-4H3,(H,15,16)(H2,13,14,17)/t9-/m1/s1. The number of thioether (sulfide) groups is 1. The van der Waals surface area contributed by atoms with Crippen molar-refractivity contribution in [1.82, 2.24) is 10.6 Å². The lowest BCUT2D eigenvalue weighted by atomic mass is 9.87. The molecule has 0 rings (SSSR count). The van der Waals surface area contributed by atoms with Gasteiger partial charge in [0, 0.05) is 6.54 Å². The first-order chi connectivity index (χ1) is 8.29. The summed E-state index contributed by atoms with van der Waals surface area (Å²) in [5.74, 6) is 1.05. The Balaban J connectivity index is 4.01. The molecule has 0 heterocycles. The molecule has 0 radical (unpaired) electrons. The molecule has 5 nitrogen and oxygen atoms in total. The molecule has 0 aliphatic rings. The maximum Gasteiger partial charge on any atom is 0.326 e. The molecule has 0 aromatic heterocycles. The highest BCUT2D eigenvalue weighted by molar-refractivity contribution is 7.99. The van der Waals surface area contributed by atoms with Gasteiger partial charge in [-0.25, -0.2) is 9.59 Å². The second kappa shape index (κ2) is 8.24. The molecule has 2 amide bonds. The Kier molecular flexibility index (Phi) is 7.82. The van der Waals surface area contributed by atoms with E-state index in [-0.39, 0.29) is 0 Å². The van der Waals surface area contributed by atoms with Crippen molar-refractivity contribution in [2.24, 2.45) is 5.41 Å². The average Bonchev–Trinajstić information content (AvgIpc) is 2.23. The van der Waals surface area contributed by atoms with E-state index < -0.39 is 23.5 Å². The van der Waals surface area contributed by atoms with Crippen LogP contribution in [0.3, 0.4) is 0 Å². The second-order valence-corrected chi connectivity index (χ2v) is 6.48. The number of hydrogen-bond donors (Lipinski definition) is 3. The predicted octanol–water partition coefficient (Wildman–Crippen LogP) is 1.93. The van der Waals surface area contributed by atoms with Gasteiger partial charge < -0.3 is 15.7 Å². The minimum atomic E-state index is -1.01. The summed E-state index contributed by atoms with van der Waals surface area (Å²) in [7, 11) is 0. The fraction of sp³-hybridized carbons (Fsp3) is 0.833. The summed E-state index contributed by atoms with van der Waals surface area (Å²) >= 11 is 1.82. The molecule has 0 spiro atoms. The van der Waals surface area contributed by atoms with E-state index in [1.165, 1.54) is 0 Å². The molecule has 0 unspecified atom stereocenters. The molecule has 0 aromatic carbocycles. The fourth-order valence-corrected chi connectivity index (χ4v) is 1.99. The van der Waals surface area contributed by atoms with Crippen molar-refractivity contribution in [3.63, 3.8) is 0 Å². The van der Waals surface area contributed by atoms with E-state index >= 15 is 0 Å². The topological polar surface area (TPSA) is 78.4 Å². The Morgan fingerprint density at radius 3 is 2.39 bits per heavy atom. The van der Waals surface area contributed by atoms with Gasteiger partial charge in [0.25, 0.3) is 0 Å². The molecule has 0 aromatic rings.